The molecule has 0 heterocycles. The van der Waals surface area contributed by atoms with Crippen molar-refractivity contribution in [2.45, 2.75) is 39.8 Å². The number of aliphatic hydroxyl groups excluding tert-OH is 1. The van der Waals surface area contributed by atoms with Gasteiger partial charge in [0.1, 0.15) is 6.23 Å². The molecule has 0 aliphatic carbocycles. The maximum Gasteiger partial charge on any atom is 0.104 e. The lowest BCUT2D eigenvalue weighted by atomic mass is 10.3. The SMILES string of the molecule is CCCN(CCC)[C@@H](C)O. The first-order valence-electron chi connectivity index (χ1n) is 4.14. The molecule has 2 heteroatoms. The van der Waals surface area contributed by atoms with Crippen LogP contribution in [0.25, 0.3) is 0 Å². The van der Waals surface area contributed by atoms with Crippen LogP contribution < -0.4 is 0 Å². The highest BCUT2D eigenvalue weighted by Crippen LogP contribution is 1.97. The highest BCUT2D eigenvalue weighted by Gasteiger charge is 2.06. The molecule has 1 atom stereocenters. The van der Waals surface area contributed by atoms with Crippen molar-refractivity contribution in [3.63, 3.8) is 0 Å². The summed E-state index contributed by atoms with van der Waals surface area (Å²) in [6.45, 7) is 8.10. The van der Waals surface area contributed by atoms with Gasteiger partial charge in [-0.3, -0.25) is 4.90 Å². The van der Waals surface area contributed by atoms with E-state index < -0.39 is 0 Å². The van der Waals surface area contributed by atoms with Gasteiger partial charge in [-0.2, -0.15) is 0 Å². The second-order valence-electron chi connectivity index (χ2n) is 2.67. The van der Waals surface area contributed by atoms with Gasteiger partial charge >= 0.3 is 0 Å². The van der Waals surface area contributed by atoms with Crippen LogP contribution in [-0.4, -0.2) is 29.3 Å². The molecule has 10 heavy (non-hydrogen) atoms. The van der Waals surface area contributed by atoms with Crippen LogP contribution in [0, 0.1) is 0 Å². The summed E-state index contributed by atoms with van der Waals surface area (Å²) in [4.78, 5) is 2.08. The molecule has 0 saturated carbocycles. The van der Waals surface area contributed by atoms with Gasteiger partial charge in [-0.1, -0.05) is 13.8 Å². The molecule has 0 fully saturated rings. The second kappa shape index (κ2) is 5.69. The summed E-state index contributed by atoms with van der Waals surface area (Å²) in [5.41, 5.74) is 0. The fourth-order valence-electron chi connectivity index (χ4n) is 1.06. The molecule has 0 radical (unpaired) electrons. The van der Waals surface area contributed by atoms with Gasteiger partial charge < -0.3 is 5.11 Å². The maximum atomic E-state index is 9.20. The maximum absolute atomic E-state index is 9.20. The average molecular weight is 145 g/mol. The average Bonchev–Trinajstić information content (AvgIpc) is 1.87. The predicted octanol–water partition coefficient (Wildman–Crippen LogP) is 1.45. The van der Waals surface area contributed by atoms with Crippen LogP contribution in [0.4, 0.5) is 0 Å². The van der Waals surface area contributed by atoms with E-state index in [1.54, 1.807) is 0 Å². The summed E-state index contributed by atoms with van der Waals surface area (Å²) >= 11 is 0. The first-order chi connectivity index (χ1) is 4.72. The smallest absolute Gasteiger partial charge is 0.104 e. The lowest BCUT2D eigenvalue weighted by Gasteiger charge is -2.23. The van der Waals surface area contributed by atoms with Crippen LogP contribution in [0.15, 0.2) is 0 Å². The Labute approximate surface area is 63.8 Å². The number of hydrogen-bond donors (Lipinski definition) is 1. The third-order valence-corrected chi connectivity index (χ3v) is 1.55. The monoisotopic (exact) mass is 145 g/mol. The van der Waals surface area contributed by atoms with Gasteiger partial charge in [-0.15, -0.1) is 0 Å². The molecule has 0 aromatic carbocycles. The molecule has 0 bridgehead atoms. The Balaban J connectivity index is 3.50. The van der Waals surface area contributed by atoms with Crippen molar-refractivity contribution in [1.82, 2.24) is 4.90 Å². The summed E-state index contributed by atoms with van der Waals surface area (Å²) in [5, 5.41) is 9.20. The summed E-state index contributed by atoms with van der Waals surface area (Å²) in [6.07, 6.45) is 1.95. The third kappa shape index (κ3) is 3.85. The highest BCUT2D eigenvalue weighted by atomic mass is 16.3. The van der Waals surface area contributed by atoms with Crippen molar-refractivity contribution in [1.29, 1.82) is 0 Å². The van der Waals surface area contributed by atoms with E-state index >= 15 is 0 Å². The first-order valence-corrected chi connectivity index (χ1v) is 4.14. The minimum absolute atomic E-state index is 0.278. The van der Waals surface area contributed by atoms with Gasteiger partial charge in [0.25, 0.3) is 0 Å². The summed E-state index contributed by atoms with van der Waals surface area (Å²) in [5.74, 6) is 0. The van der Waals surface area contributed by atoms with Gasteiger partial charge in [0.05, 0.1) is 0 Å². The van der Waals surface area contributed by atoms with Crippen molar-refractivity contribution >= 4 is 0 Å². The minimum Gasteiger partial charge on any atom is -0.379 e. The van der Waals surface area contributed by atoms with Gasteiger partial charge in [0.2, 0.25) is 0 Å². The van der Waals surface area contributed by atoms with Crippen molar-refractivity contribution in [3.05, 3.63) is 0 Å². The Kier molecular flexibility index (Phi) is 5.64. The molecule has 0 aliphatic rings. The zero-order chi connectivity index (χ0) is 7.98. The van der Waals surface area contributed by atoms with Crippen molar-refractivity contribution < 1.29 is 5.11 Å². The van der Waals surface area contributed by atoms with E-state index in [2.05, 4.69) is 18.7 Å². The number of aliphatic hydroxyl groups is 1. The van der Waals surface area contributed by atoms with E-state index in [0.717, 1.165) is 25.9 Å². The normalized spacial score (nSPS) is 14.1. The van der Waals surface area contributed by atoms with Crippen molar-refractivity contribution in [2.75, 3.05) is 13.1 Å². The van der Waals surface area contributed by atoms with Crippen LogP contribution in [0.3, 0.4) is 0 Å². The van der Waals surface area contributed by atoms with Gasteiger partial charge in [-0.25, -0.2) is 0 Å². The standard InChI is InChI=1S/C8H19NO/c1-4-6-9(7-5-2)8(3)10/h8,10H,4-7H2,1-3H3/t8-/m1/s1. The number of nitrogens with zero attached hydrogens (tertiary/aromatic N) is 1. The zero-order valence-electron chi connectivity index (χ0n) is 7.30. The van der Waals surface area contributed by atoms with E-state index in [1.165, 1.54) is 0 Å². The van der Waals surface area contributed by atoms with Crippen LogP contribution in [0.1, 0.15) is 33.6 Å². The van der Waals surface area contributed by atoms with Gasteiger partial charge in [0, 0.05) is 13.1 Å². The Morgan fingerprint density at radius 3 is 1.80 bits per heavy atom. The van der Waals surface area contributed by atoms with Crippen molar-refractivity contribution in [2.24, 2.45) is 0 Å². The lowest BCUT2D eigenvalue weighted by Crippen LogP contribution is -2.34. The molecule has 0 aromatic rings. The van der Waals surface area contributed by atoms with E-state index in [4.69, 9.17) is 0 Å². The van der Waals surface area contributed by atoms with Gasteiger partial charge in [-0.05, 0) is 19.8 Å². The Morgan fingerprint density at radius 2 is 1.60 bits per heavy atom. The van der Waals surface area contributed by atoms with E-state index in [1.807, 2.05) is 6.92 Å². The molecule has 0 saturated heterocycles. The van der Waals surface area contributed by atoms with Crippen molar-refractivity contribution in [3.8, 4) is 0 Å². The molecule has 0 spiro atoms. The molecule has 2 nitrogen and oxygen atoms in total. The summed E-state index contributed by atoms with van der Waals surface area (Å²) < 4.78 is 0. The zero-order valence-corrected chi connectivity index (χ0v) is 7.30. The summed E-state index contributed by atoms with van der Waals surface area (Å²) in [7, 11) is 0. The molecule has 0 amide bonds. The van der Waals surface area contributed by atoms with E-state index in [0.29, 0.717) is 0 Å². The fraction of sp³-hybridized carbons (Fsp3) is 1.00. The molecule has 62 valence electrons. The Bertz CT molecular complexity index is 67.7. The molecule has 1 N–H and O–H groups in total. The molecule has 0 unspecified atom stereocenters. The number of rotatable bonds is 5. The van der Waals surface area contributed by atoms with Crippen LogP contribution >= 0.6 is 0 Å². The summed E-state index contributed by atoms with van der Waals surface area (Å²) in [6, 6.07) is 0. The third-order valence-electron chi connectivity index (χ3n) is 1.55. The molecule has 0 aliphatic heterocycles. The minimum atomic E-state index is -0.278. The molecular formula is C8H19NO. The number of hydrogen-bond acceptors (Lipinski definition) is 2. The predicted molar refractivity (Wildman–Crippen MR) is 43.8 cm³/mol. The highest BCUT2D eigenvalue weighted by molar-refractivity contribution is 4.55. The van der Waals surface area contributed by atoms with Crippen LogP contribution in [0.2, 0.25) is 0 Å². The van der Waals surface area contributed by atoms with E-state index in [9.17, 15) is 5.11 Å². The Morgan fingerprint density at radius 1 is 1.20 bits per heavy atom. The van der Waals surface area contributed by atoms with Crippen LogP contribution in [-0.2, 0) is 0 Å². The van der Waals surface area contributed by atoms with Crippen LogP contribution in [0.5, 0.6) is 0 Å². The largest absolute Gasteiger partial charge is 0.379 e. The molecular weight excluding hydrogens is 126 g/mol. The second-order valence-corrected chi connectivity index (χ2v) is 2.67. The topological polar surface area (TPSA) is 23.5 Å². The molecule has 0 rings (SSSR count). The van der Waals surface area contributed by atoms with Gasteiger partial charge in [0.15, 0.2) is 0 Å². The quantitative estimate of drug-likeness (QED) is 0.592. The Hall–Kier alpha value is -0.0800. The fourth-order valence-corrected chi connectivity index (χ4v) is 1.06. The molecule has 0 aromatic heterocycles. The van der Waals surface area contributed by atoms with E-state index in [-0.39, 0.29) is 6.23 Å². The first kappa shape index (κ1) is 9.92. The lowest BCUT2D eigenvalue weighted by molar-refractivity contribution is 0.0188.